The lowest BCUT2D eigenvalue weighted by atomic mass is 10.1. The Morgan fingerprint density at radius 3 is 2.08 bits per heavy atom. The maximum Gasteiger partial charge on any atom is 0.306 e. The molecule has 1 atom stereocenters. The fraction of sp³-hybridized carbons (Fsp3) is 0.474. The Balaban J connectivity index is 1.37. The van der Waals surface area contributed by atoms with Gasteiger partial charge in [0.05, 0.1) is 77.1 Å². The number of anilines is 1. The molecule has 1 unspecified atom stereocenters. The van der Waals surface area contributed by atoms with Gasteiger partial charge in [-0.2, -0.15) is 10.5 Å². The predicted octanol–water partition coefficient (Wildman–Crippen LogP) is 6.70. The van der Waals surface area contributed by atoms with E-state index < -0.39 is 5.97 Å². The van der Waals surface area contributed by atoms with Crippen LogP contribution in [0.2, 0.25) is 0 Å². The number of esters is 1. The van der Waals surface area contributed by atoms with E-state index in [4.69, 9.17) is 28.4 Å². The zero-order chi connectivity index (χ0) is 37.4. The Hall–Kier alpha value is -4.54. The number of nitriles is 2. The monoisotopic (exact) mass is 733 g/mol. The molecule has 0 saturated carbocycles. The fourth-order valence-corrected chi connectivity index (χ4v) is 5.75. The average Bonchev–Trinajstić information content (AvgIpc) is 3.48. The van der Waals surface area contributed by atoms with Crippen molar-refractivity contribution in [3.63, 3.8) is 0 Å². The minimum Gasteiger partial charge on any atom is -0.463 e. The first kappa shape index (κ1) is 41.9. The van der Waals surface area contributed by atoms with Crippen LogP contribution in [0.5, 0.6) is 0 Å². The van der Waals surface area contributed by atoms with Crippen molar-refractivity contribution in [3.8, 4) is 12.1 Å². The van der Waals surface area contributed by atoms with Crippen LogP contribution in [0.25, 0.3) is 0 Å². The minimum atomic E-state index is -0.410. The molecule has 0 aliphatic carbocycles. The number of hydrogen-bond acceptors (Lipinski definition) is 14. The number of likely N-dealkylation sites (N-methyl/N-ethyl adjacent to an activating group) is 1. The Morgan fingerprint density at radius 1 is 0.865 bits per heavy atom. The summed E-state index contributed by atoms with van der Waals surface area (Å²) in [6.45, 7) is 11.0. The van der Waals surface area contributed by atoms with Crippen LogP contribution in [0.15, 0.2) is 58.8 Å². The second-order valence-electron chi connectivity index (χ2n) is 11.3. The molecule has 14 heteroatoms. The number of nitrogens with zero attached hydrogens (tertiary/aromatic N) is 5. The van der Waals surface area contributed by atoms with Gasteiger partial charge in [-0.1, -0.05) is 30.3 Å². The van der Waals surface area contributed by atoms with Gasteiger partial charge in [0.25, 0.3) is 0 Å². The minimum absolute atomic E-state index is 0.0875. The van der Waals surface area contributed by atoms with E-state index in [1.54, 1.807) is 6.92 Å². The van der Waals surface area contributed by atoms with Gasteiger partial charge < -0.3 is 38.1 Å². The fourth-order valence-electron chi connectivity index (χ4n) is 4.87. The summed E-state index contributed by atoms with van der Waals surface area (Å²) in [6.07, 6.45) is 0.747. The number of rotatable bonds is 26. The van der Waals surface area contributed by atoms with E-state index >= 15 is 0 Å². The third-order valence-electron chi connectivity index (χ3n) is 7.69. The second-order valence-corrected chi connectivity index (χ2v) is 12.3. The lowest BCUT2D eigenvalue weighted by Gasteiger charge is -2.29. The van der Waals surface area contributed by atoms with Crippen molar-refractivity contribution in [3.05, 3.63) is 75.7 Å². The molecule has 0 amide bonds. The van der Waals surface area contributed by atoms with Gasteiger partial charge in [0.2, 0.25) is 0 Å². The van der Waals surface area contributed by atoms with Crippen molar-refractivity contribution in [2.24, 2.45) is 10.2 Å². The summed E-state index contributed by atoms with van der Waals surface area (Å²) in [4.78, 5) is 24.2. The van der Waals surface area contributed by atoms with Gasteiger partial charge in [0.1, 0.15) is 36.0 Å². The molecule has 0 aliphatic heterocycles. The van der Waals surface area contributed by atoms with Crippen molar-refractivity contribution in [2.45, 2.75) is 39.7 Å². The van der Waals surface area contributed by atoms with Gasteiger partial charge in [-0.25, -0.2) is 0 Å². The zero-order valence-electron chi connectivity index (χ0n) is 30.1. The molecule has 0 bridgehead atoms. The standard InChI is InChI=1S/C38H47N5O8S/c1-4-43(32-12-13-34(29(2)25-32)41-42-38-33(26-39)30(3)36(27-40)52-38)28-35(31-9-6-5-7-10-31)50-23-21-48-19-17-46-15-16-47-18-20-49-22-24-51-37(45)11-8-14-44/h5-7,9-10,12-14,25,35H,4,8,11,15-24,28H2,1-3H3. The van der Waals surface area contributed by atoms with E-state index in [0.29, 0.717) is 92.4 Å². The highest BCUT2D eigenvalue weighted by Gasteiger charge is 2.18. The summed E-state index contributed by atoms with van der Waals surface area (Å²) in [5, 5.41) is 28.0. The van der Waals surface area contributed by atoms with Crippen molar-refractivity contribution < 1.29 is 38.0 Å². The molecule has 13 nitrogen and oxygen atoms in total. The summed E-state index contributed by atoms with van der Waals surface area (Å²) >= 11 is 1.17. The first-order chi connectivity index (χ1) is 25.4. The van der Waals surface area contributed by atoms with Crippen molar-refractivity contribution in [2.75, 3.05) is 84.1 Å². The second kappa shape index (κ2) is 24.6. The molecule has 1 aromatic heterocycles. The highest BCUT2D eigenvalue weighted by Crippen LogP contribution is 2.36. The van der Waals surface area contributed by atoms with Crippen molar-refractivity contribution in [1.29, 1.82) is 10.5 Å². The maximum atomic E-state index is 11.3. The Bertz CT molecular complexity index is 1640. The van der Waals surface area contributed by atoms with Gasteiger partial charge in [0.15, 0.2) is 5.00 Å². The Morgan fingerprint density at radius 2 is 1.50 bits per heavy atom. The molecule has 0 N–H and O–H groups in total. The van der Waals surface area contributed by atoms with Crippen LogP contribution in [0.3, 0.4) is 0 Å². The van der Waals surface area contributed by atoms with E-state index in [-0.39, 0.29) is 32.2 Å². The SMILES string of the molecule is CCN(CC(OCCOCCOCCOCCOCCOC(=O)CCC=O)c1ccccc1)c1ccc(N=Nc2sc(C#N)c(C)c2C#N)c(C)c1. The largest absolute Gasteiger partial charge is 0.463 e. The number of azo groups is 1. The number of benzene rings is 2. The number of aldehydes is 1. The summed E-state index contributed by atoms with van der Waals surface area (Å²) in [7, 11) is 0. The van der Waals surface area contributed by atoms with Crippen molar-refractivity contribution >= 4 is 40.0 Å². The number of aryl methyl sites for hydroxylation is 1. The topological polar surface area (TPSA) is 165 Å². The van der Waals surface area contributed by atoms with E-state index in [1.165, 1.54) is 11.3 Å². The van der Waals surface area contributed by atoms with Gasteiger partial charge in [-0.05, 0) is 55.7 Å². The zero-order valence-corrected chi connectivity index (χ0v) is 30.9. The highest BCUT2D eigenvalue weighted by molar-refractivity contribution is 7.16. The van der Waals surface area contributed by atoms with E-state index in [0.717, 1.165) is 23.4 Å². The predicted molar refractivity (Wildman–Crippen MR) is 196 cm³/mol. The van der Waals surface area contributed by atoms with Crippen LogP contribution in [0, 0.1) is 36.5 Å². The first-order valence-corrected chi connectivity index (χ1v) is 18.0. The van der Waals surface area contributed by atoms with Gasteiger partial charge in [-0.3, -0.25) is 4.79 Å². The van der Waals surface area contributed by atoms with E-state index in [9.17, 15) is 20.1 Å². The Labute approximate surface area is 309 Å². The van der Waals surface area contributed by atoms with Crippen LogP contribution < -0.4 is 4.90 Å². The Kier molecular flexibility index (Phi) is 19.8. The number of ether oxygens (including phenoxy) is 6. The number of carbonyl (C=O) groups excluding carboxylic acids is 2. The number of thiophene rings is 1. The quantitative estimate of drug-likeness (QED) is 0.0373. The molecule has 1 heterocycles. The summed E-state index contributed by atoms with van der Waals surface area (Å²) < 4.78 is 33.4. The molecule has 0 saturated heterocycles. The molecule has 52 heavy (non-hydrogen) atoms. The molecule has 0 aliphatic rings. The molecule has 2 aromatic carbocycles. The smallest absolute Gasteiger partial charge is 0.306 e. The molecule has 3 aromatic rings. The number of hydrogen-bond donors (Lipinski definition) is 0. The first-order valence-electron chi connectivity index (χ1n) is 17.2. The van der Waals surface area contributed by atoms with Crippen LogP contribution in [-0.4, -0.2) is 91.4 Å². The maximum absolute atomic E-state index is 11.3. The molecular formula is C38H47N5O8S. The van der Waals surface area contributed by atoms with Gasteiger partial charge in [0, 0.05) is 25.2 Å². The van der Waals surface area contributed by atoms with E-state index in [1.807, 2.05) is 37.3 Å². The summed E-state index contributed by atoms with van der Waals surface area (Å²) in [5.74, 6) is -0.410. The normalized spacial score (nSPS) is 11.6. The average molecular weight is 734 g/mol. The molecular weight excluding hydrogens is 687 g/mol. The molecule has 0 fully saturated rings. The highest BCUT2D eigenvalue weighted by atomic mass is 32.1. The van der Waals surface area contributed by atoms with Gasteiger partial charge in [-0.15, -0.1) is 21.6 Å². The molecule has 278 valence electrons. The lowest BCUT2D eigenvalue weighted by Crippen LogP contribution is -2.30. The molecule has 0 spiro atoms. The van der Waals surface area contributed by atoms with Crippen LogP contribution in [-0.2, 0) is 38.0 Å². The third kappa shape index (κ3) is 14.6. The third-order valence-corrected chi connectivity index (χ3v) is 8.78. The summed E-state index contributed by atoms with van der Waals surface area (Å²) in [5.41, 5.74) is 4.73. The number of carbonyl (C=O) groups is 2. The van der Waals surface area contributed by atoms with Crippen LogP contribution in [0.1, 0.15) is 53.0 Å². The molecule has 0 radical (unpaired) electrons. The molecule has 3 rings (SSSR count). The summed E-state index contributed by atoms with van der Waals surface area (Å²) in [6, 6.07) is 20.3. The lowest BCUT2D eigenvalue weighted by molar-refractivity contribution is -0.145. The van der Waals surface area contributed by atoms with E-state index in [2.05, 4.69) is 52.4 Å². The van der Waals surface area contributed by atoms with Crippen LogP contribution >= 0.6 is 11.3 Å². The van der Waals surface area contributed by atoms with Crippen LogP contribution in [0.4, 0.5) is 16.4 Å². The van der Waals surface area contributed by atoms with Gasteiger partial charge >= 0.3 is 5.97 Å². The van der Waals surface area contributed by atoms with Crippen molar-refractivity contribution in [1.82, 2.24) is 0 Å².